The average molecular weight is 402 g/mol. The third kappa shape index (κ3) is 3.06. The summed E-state index contributed by atoms with van der Waals surface area (Å²) in [6, 6.07) is 21.5. The number of likely N-dealkylation sites (tertiary alicyclic amines) is 1. The van der Waals surface area contributed by atoms with E-state index in [0.717, 1.165) is 23.2 Å². The fourth-order valence-corrected chi connectivity index (χ4v) is 4.90. The van der Waals surface area contributed by atoms with Gasteiger partial charge in [0.15, 0.2) is 0 Å². The Morgan fingerprint density at radius 1 is 1.07 bits per heavy atom. The first-order valence-electron chi connectivity index (χ1n) is 10.3. The van der Waals surface area contributed by atoms with Crippen LogP contribution in [0.25, 0.3) is 11.1 Å². The highest BCUT2D eigenvalue weighted by atomic mass is 19.1. The van der Waals surface area contributed by atoms with Crippen molar-refractivity contribution in [2.45, 2.75) is 18.5 Å². The molecule has 1 amide bonds. The molecule has 2 aliphatic rings. The van der Waals surface area contributed by atoms with Crippen LogP contribution in [0.1, 0.15) is 28.4 Å². The van der Waals surface area contributed by atoms with E-state index in [0.29, 0.717) is 17.7 Å². The molecule has 5 rings (SSSR count). The van der Waals surface area contributed by atoms with Gasteiger partial charge in [-0.05, 0) is 47.9 Å². The fraction of sp³-hybridized carbons (Fsp3) is 0.240. The predicted molar refractivity (Wildman–Crippen MR) is 115 cm³/mol. The third-order valence-corrected chi connectivity index (χ3v) is 6.34. The van der Waals surface area contributed by atoms with E-state index >= 15 is 0 Å². The molecule has 1 fully saturated rings. The van der Waals surface area contributed by atoms with Gasteiger partial charge in [-0.2, -0.15) is 0 Å². The molecular formula is C25H23FN2O2. The normalized spacial score (nSPS) is 22.2. The molecule has 3 aromatic rings. The topological polar surface area (TPSA) is 52.6 Å². The molecule has 0 unspecified atom stereocenters. The second-order valence-electron chi connectivity index (χ2n) is 7.98. The molecule has 2 heterocycles. The first kappa shape index (κ1) is 18.8. The number of hydrogen-bond acceptors (Lipinski definition) is 3. The minimum Gasteiger partial charge on any atom is -0.394 e. The number of carbonyl (C=O) groups excluding carboxylic acids is 1. The molecule has 0 spiro atoms. The van der Waals surface area contributed by atoms with Crippen LogP contribution in [0.4, 0.5) is 10.1 Å². The number of aliphatic hydroxyl groups is 1. The molecule has 152 valence electrons. The zero-order valence-corrected chi connectivity index (χ0v) is 16.5. The molecule has 5 heteroatoms. The van der Waals surface area contributed by atoms with E-state index < -0.39 is 0 Å². The van der Waals surface area contributed by atoms with Gasteiger partial charge in [-0.3, -0.25) is 4.79 Å². The molecule has 2 N–H and O–H groups in total. The van der Waals surface area contributed by atoms with E-state index in [9.17, 15) is 14.3 Å². The Bertz CT molecular complexity index is 1090. The summed E-state index contributed by atoms with van der Waals surface area (Å²) in [5.74, 6) is -0.176. The smallest absolute Gasteiger partial charge is 0.254 e. The van der Waals surface area contributed by atoms with E-state index in [4.69, 9.17) is 0 Å². The van der Waals surface area contributed by atoms with Gasteiger partial charge in [-0.15, -0.1) is 0 Å². The monoisotopic (exact) mass is 402 g/mol. The largest absolute Gasteiger partial charge is 0.394 e. The lowest BCUT2D eigenvalue weighted by Crippen LogP contribution is -2.42. The first-order chi connectivity index (χ1) is 14.7. The van der Waals surface area contributed by atoms with Crippen LogP contribution in [0.2, 0.25) is 0 Å². The Balaban J connectivity index is 1.59. The number of carbonyl (C=O) groups is 1. The average Bonchev–Trinajstić information content (AvgIpc) is 3.24. The van der Waals surface area contributed by atoms with E-state index in [2.05, 4.69) is 5.32 Å². The standard InChI is InChI=1S/C25H23FN2O2/c26-21-9-5-4-8-18(21)17-10-11-22-20(14-17)24-19(23(15-29)27-22)12-13-28(24)25(30)16-6-2-1-3-7-16/h1-11,14,19,23-24,27,29H,12-13,15H2/t19-,23+,24-/m0/s1. The summed E-state index contributed by atoms with van der Waals surface area (Å²) in [6.45, 7) is 0.633. The van der Waals surface area contributed by atoms with Gasteiger partial charge >= 0.3 is 0 Å². The minimum absolute atomic E-state index is 0.00301. The summed E-state index contributed by atoms with van der Waals surface area (Å²) >= 11 is 0. The highest BCUT2D eigenvalue weighted by Gasteiger charge is 2.45. The molecule has 4 nitrogen and oxygen atoms in total. The van der Waals surface area contributed by atoms with Crippen LogP contribution in [-0.4, -0.2) is 35.1 Å². The second-order valence-corrected chi connectivity index (χ2v) is 7.98. The van der Waals surface area contributed by atoms with Gasteiger partial charge in [0, 0.05) is 29.3 Å². The van der Waals surface area contributed by atoms with Crippen LogP contribution < -0.4 is 5.32 Å². The molecule has 3 atom stereocenters. The molecule has 1 saturated heterocycles. The Hall–Kier alpha value is -3.18. The van der Waals surface area contributed by atoms with Crippen LogP contribution in [0.5, 0.6) is 0 Å². The quantitative estimate of drug-likeness (QED) is 0.679. The maximum absolute atomic E-state index is 14.4. The SMILES string of the molecule is O=C(c1ccccc1)N1CC[C@@H]2[C@H]1c1cc(-c3ccccc3F)ccc1N[C@@H]2CO. The van der Waals surface area contributed by atoms with Crippen LogP contribution in [-0.2, 0) is 0 Å². The van der Waals surface area contributed by atoms with Crippen molar-refractivity contribution in [2.24, 2.45) is 5.92 Å². The summed E-state index contributed by atoms with van der Waals surface area (Å²) < 4.78 is 14.4. The number of fused-ring (bicyclic) bond motifs is 3. The number of anilines is 1. The van der Waals surface area contributed by atoms with Crippen molar-refractivity contribution in [3.63, 3.8) is 0 Å². The number of rotatable bonds is 3. The number of nitrogens with one attached hydrogen (secondary N) is 1. The number of nitrogens with zero attached hydrogens (tertiary/aromatic N) is 1. The van der Waals surface area contributed by atoms with Gasteiger partial charge in [0.1, 0.15) is 5.82 Å². The van der Waals surface area contributed by atoms with Gasteiger partial charge in [-0.25, -0.2) is 4.39 Å². The minimum atomic E-state index is -0.269. The summed E-state index contributed by atoms with van der Waals surface area (Å²) in [6.07, 6.45) is 0.810. The molecule has 0 saturated carbocycles. The maximum Gasteiger partial charge on any atom is 0.254 e. The van der Waals surface area contributed by atoms with Crippen molar-refractivity contribution < 1.29 is 14.3 Å². The zero-order valence-electron chi connectivity index (χ0n) is 16.5. The third-order valence-electron chi connectivity index (χ3n) is 6.34. The van der Waals surface area contributed by atoms with Crippen LogP contribution in [0.15, 0.2) is 72.8 Å². The lowest BCUT2D eigenvalue weighted by atomic mass is 9.82. The van der Waals surface area contributed by atoms with Crippen molar-refractivity contribution in [3.05, 3.63) is 89.7 Å². The number of benzene rings is 3. The zero-order chi connectivity index (χ0) is 20.7. The summed E-state index contributed by atoms with van der Waals surface area (Å²) in [7, 11) is 0. The Labute approximate surface area is 175 Å². The van der Waals surface area contributed by atoms with Gasteiger partial charge in [0.2, 0.25) is 0 Å². The summed E-state index contributed by atoms with van der Waals surface area (Å²) in [4.78, 5) is 15.2. The first-order valence-corrected chi connectivity index (χ1v) is 10.3. The van der Waals surface area contributed by atoms with E-state index in [1.807, 2.05) is 59.5 Å². The number of hydrogen-bond donors (Lipinski definition) is 2. The second kappa shape index (κ2) is 7.58. The summed E-state index contributed by atoms with van der Waals surface area (Å²) in [5.41, 5.74) is 3.85. The van der Waals surface area contributed by atoms with Gasteiger partial charge in [-0.1, -0.05) is 42.5 Å². The fourth-order valence-electron chi connectivity index (χ4n) is 4.90. The lowest BCUT2D eigenvalue weighted by Gasteiger charge is -2.39. The van der Waals surface area contributed by atoms with E-state index in [1.54, 1.807) is 12.1 Å². The molecule has 30 heavy (non-hydrogen) atoms. The molecular weight excluding hydrogens is 379 g/mol. The highest BCUT2D eigenvalue weighted by molar-refractivity contribution is 5.95. The maximum atomic E-state index is 14.4. The van der Waals surface area contributed by atoms with E-state index in [-0.39, 0.29) is 36.3 Å². The molecule has 2 aliphatic heterocycles. The molecule has 0 bridgehead atoms. The molecule has 0 aromatic heterocycles. The van der Waals surface area contributed by atoms with Gasteiger partial charge in [0.25, 0.3) is 5.91 Å². The van der Waals surface area contributed by atoms with E-state index in [1.165, 1.54) is 6.07 Å². The number of aliphatic hydroxyl groups excluding tert-OH is 1. The van der Waals surface area contributed by atoms with Crippen molar-refractivity contribution in [1.82, 2.24) is 4.90 Å². The highest BCUT2D eigenvalue weighted by Crippen LogP contribution is 2.47. The number of amides is 1. The molecule has 0 aliphatic carbocycles. The summed E-state index contributed by atoms with van der Waals surface area (Å²) in [5, 5.41) is 13.4. The number of halogens is 1. The Morgan fingerprint density at radius 3 is 2.60 bits per heavy atom. The van der Waals surface area contributed by atoms with Crippen LogP contribution >= 0.6 is 0 Å². The predicted octanol–water partition coefficient (Wildman–Crippen LogP) is 4.48. The van der Waals surface area contributed by atoms with Crippen LogP contribution in [0, 0.1) is 11.7 Å². The van der Waals surface area contributed by atoms with Gasteiger partial charge in [0.05, 0.1) is 18.7 Å². The molecule has 0 radical (unpaired) electrons. The molecule has 3 aromatic carbocycles. The Kier molecular flexibility index (Phi) is 4.75. The van der Waals surface area contributed by atoms with Crippen molar-refractivity contribution in [3.8, 4) is 11.1 Å². The lowest BCUT2D eigenvalue weighted by molar-refractivity contribution is 0.0701. The van der Waals surface area contributed by atoms with Crippen molar-refractivity contribution >= 4 is 11.6 Å². The van der Waals surface area contributed by atoms with Gasteiger partial charge < -0.3 is 15.3 Å². The van der Waals surface area contributed by atoms with Crippen molar-refractivity contribution in [1.29, 1.82) is 0 Å². The Morgan fingerprint density at radius 2 is 1.83 bits per heavy atom. The van der Waals surface area contributed by atoms with Crippen LogP contribution in [0.3, 0.4) is 0 Å². The van der Waals surface area contributed by atoms with Crippen molar-refractivity contribution in [2.75, 3.05) is 18.5 Å².